The monoisotopic (exact) mass is 357 g/mol. The van der Waals surface area contributed by atoms with Crippen LogP contribution in [-0.4, -0.2) is 31.0 Å². The molecule has 0 fully saturated rings. The number of aliphatic hydroxyl groups is 1. The van der Waals surface area contributed by atoms with E-state index in [1.807, 2.05) is 31.2 Å². The number of benzene rings is 2. The average molecular weight is 357 g/mol. The molecule has 2 aromatic rings. The normalized spacial score (nSPS) is 14.6. The van der Waals surface area contributed by atoms with Gasteiger partial charge in [0.15, 0.2) is 11.5 Å². The quantitative estimate of drug-likeness (QED) is 0.796. The molecule has 0 radical (unpaired) electrons. The van der Waals surface area contributed by atoms with Gasteiger partial charge in [0.05, 0.1) is 19.6 Å². The van der Waals surface area contributed by atoms with Crippen molar-refractivity contribution in [2.45, 2.75) is 25.9 Å². The fraction of sp³-hybridized carbons (Fsp3) is 0.350. The van der Waals surface area contributed by atoms with Crippen LogP contribution >= 0.6 is 0 Å². The molecule has 0 aliphatic carbocycles. The van der Waals surface area contributed by atoms with Gasteiger partial charge in [0.25, 0.3) is 0 Å². The summed E-state index contributed by atoms with van der Waals surface area (Å²) in [6, 6.07) is 12.7. The molecule has 1 atom stereocenters. The fourth-order valence-corrected chi connectivity index (χ4v) is 2.72. The molecule has 0 saturated heterocycles. The Morgan fingerprint density at radius 2 is 1.92 bits per heavy atom. The number of hydrogen-bond donors (Lipinski definition) is 2. The molecule has 1 aliphatic heterocycles. The second-order valence-corrected chi connectivity index (χ2v) is 6.37. The van der Waals surface area contributed by atoms with E-state index in [0.29, 0.717) is 23.7 Å². The lowest BCUT2D eigenvalue weighted by atomic mass is 9.95. The van der Waals surface area contributed by atoms with Crippen LogP contribution < -0.4 is 19.5 Å². The zero-order chi connectivity index (χ0) is 18.6. The smallest absolute Gasteiger partial charge is 0.231 e. The van der Waals surface area contributed by atoms with Gasteiger partial charge in [-0.1, -0.05) is 18.2 Å². The van der Waals surface area contributed by atoms with Crippen molar-refractivity contribution in [2.24, 2.45) is 0 Å². The first kappa shape index (κ1) is 18.1. The predicted octanol–water partition coefficient (Wildman–Crippen LogP) is 2.38. The molecule has 0 bridgehead atoms. The third-order valence-corrected chi connectivity index (χ3v) is 4.22. The van der Waals surface area contributed by atoms with Gasteiger partial charge in [0.2, 0.25) is 12.7 Å². The minimum Gasteiger partial charge on any atom is -0.494 e. The predicted molar refractivity (Wildman–Crippen MR) is 96.5 cm³/mol. The number of rotatable bonds is 7. The summed E-state index contributed by atoms with van der Waals surface area (Å²) in [6.07, 6.45) is 0.240. The van der Waals surface area contributed by atoms with Gasteiger partial charge < -0.3 is 24.6 Å². The first-order valence-corrected chi connectivity index (χ1v) is 8.59. The van der Waals surface area contributed by atoms with E-state index in [1.165, 1.54) is 0 Å². The summed E-state index contributed by atoms with van der Waals surface area (Å²) in [4.78, 5) is 12.2. The summed E-state index contributed by atoms with van der Waals surface area (Å²) in [6.45, 7) is 4.46. The Balaban J connectivity index is 1.56. The van der Waals surface area contributed by atoms with Crippen LogP contribution in [0.25, 0.3) is 0 Å². The van der Waals surface area contributed by atoms with Gasteiger partial charge in [-0.25, -0.2) is 0 Å². The summed E-state index contributed by atoms with van der Waals surface area (Å²) in [7, 11) is 0. The fourth-order valence-electron chi connectivity index (χ4n) is 2.72. The molecular formula is C20H23NO5. The van der Waals surface area contributed by atoms with Crippen molar-refractivity contribution in [1.82, 2.24) is 5.32 Å². The molecule has 0 saturated carbocycles. The van der Waals surface area contributed by atoms with Gasteiger partial charge in [-0.15, -0.1) is 0 Å². The second-order valence-electron chi connectivity index (χ2n) is 6.37. The van der Waals surface area contributed by atoms with Crippen LogP contribution in [0.2, 0.25) is 0 Å². The first-order chi connectivity index (χ1) is 12.5. The molecule has 1 aliphatic rings. The van der Waals surface area contributed by atoms with Crippen LogP contribution in [0.15, 0.2) is 42.5 Å². The maximum atomic E-state index is 12.2. The van der Waals surface area contributed by atoms with Gasteiger partial charge in [0, 0.05) is 0 Å². The number of hydrogen-bond acceptors (Lipinski definition) is 5. The van der Waals surface area contributed by atoms with E-state index in [2.05, 4.69) is 5.32 Å². The van der Waals surface area contributed by atoms with Crippen LogP contribution in [0.1, 0.15) is 25.0 Å². The van der Waals surface area contributed by atoms with E-state index in [9.17, 15) is 9.90 Å². The Morgan fingerprint density at radius 3 is 2.65 bits per heavy atom. The molecule has 0 aromatic heterocycles. The topological polar surface area (TPSA) is 77.0 Å². The SMILES string of the molecule is CCOc1ccc(CC(=O)NC[C@](C)(O)c2ccc3c(c2)OCO3)cc1. The maximum absolute atomic E-state index is 12.2. The number of nitrogens with one attached hydrogen (secondary N) is 1. The Kier molecular flexibility index (Phi) is 5.32. The second kappa shape index (κ2) is 7.66. The maximum Gasteiger partial charge on any atom is 0.231 e. The molecule has 6 nitrogen and oxygen atoms in total. The number of carbonyl (C=O) groups excluding carboxylic acids is 1. The highest BCUT2D eigenvalue weighted by Gasteiger charge is 2.26. The summed E-state index contributed by atoms with van der Waals surface area (Å²) < 4.78 is 16.0. The lowest BCUT2D eigenvalue weighted by Gasteiger charge is -2.24. The van der Waals surface area contributed by atoms with E-state index in [0.717, 1.165) is 11.3 Å². The van der Waals surface area contributed by atoms with E-state index >= 15 is 0 Å². The standard InChI is InChI=1S/C20H23NO5/c1-3-24-16-7-4-14(5-8-16)10-19(22)21-12-20(2,23)15-6-9-17-18(11-15)26-13-25-17/h4-9,11,23H,3,10,12-13H2,1-2H3,(H,21,22)/t20-/m0/s1. The molecule has 1 heterocycles. The zero-order valence-corrected chi connectivity index (χ0v) is 15.0. The van der Waals surface area contributed by atoms with Crippen LogP contribution in [0, 0.1) is 0 Å². The minimum absolute atomic E-state index is 0.0997. The third kappa shape index (κ3) is 4.26. The van der Waals surface area contributed by atoms with Crippen molar-refractivity contribution >= 4 is 5.91 Å². The highest BCUT2D eigenvalue weighted by atomic mass is 16.7. The van der Waals surface area contributed by atoms with E-state index in [1.54, 1.807) is 25.1 Å². The summed E-state index contributed by atoms with van der Waals surface area (Å²) >= 11 is 0. The molecule has 1 amide bonds. The first-order valence-electron chi connectivity index (χ1n) is 8.59. The lowest BCUT2D eigenvalue weighted by Crippen LogP contribution is -2.39. The van der Waals surface area contributed by atoms with Crippen LogP contribution in [0.5, 0.6) is 17.2 Å². The van der Waals surface area contributed by atoms with Crippen LogP contribution in [-0.2, 0) is 16.8 Å². The van der Waals surface area contributed by atoms with Crippen molar-refractivity contribution in [3.8, 4) is 17.2 Å². The van der Waals surface area contributed by atoms with Gasteiger partial charge in [-0.05, 0) is 49.2 Å². The number of amides is 1. The Labute approximate surface area is 152 Å². The van der Waals surface area contributed by atoms with Crippen molar-refractivity contribution in [3.05, 3.63) is 53.6 Å². The van der Waals surface area contributed by atoms with Gasteiger partial charge in [-0.3, -0.25) is 4.79 Å². The summed E-state index contributed by atoms with van der Waals surface area (Å²) in [5.41, 5.74) is 0.326. The van der Waals surface area contributed by atoms with Crippen molar-refractivity contribution < 1.29 is 24.1 Å². The number of fused-ring (bicyclic) bond motifs is 1. The van der Waals surface area contributed by atoms with Crippen molar-refractivity contribution in [1.29, 1.82) is 0 Å². The molecule has 0 spiro atoms. The largest absolute Gasteiger partial charge is 0.494 e. The zero-order valence-electron chi connectivity index (χ0n) is 15.0. The Bertz CT molecular complexity index is 770. The van der Waals surface area contributed by atoms with Crippen molar-refractivity contribution in [3.63, 3.8) is 0 Å². The summed E-state index contributed by atoms with van der Waals surface area (Å²) in [5, 5.41) is 13.5. The molecule has 2 aromatic carbocycles. The lowest BCUT2D eigenvalue weighted by molar-refractivity contribution is -0.121. The van der Waals surface area contributed by atoms with Crippen molar-refractivity contribution in [2.75, 3.05) is 19.9 Å². The van der Waals surface area contributed by atoms with Crippen LogP contribution in [0.4, 0.5) is 0 Å². The Hall–Kier alpha value is -2.73. The van der Waals surface area contributed by atoms with E-state index in [4.69, 9.17) is 14.2 Å². The highest BCUT2D eigenvalue weighted by molar-refractivity contribution is 5.78. The summed E-state index contributed by atoms with van der Waals surface area (Å²) in [5.74, 6) is 1.88. The van der Waals surface area contributed by atoms with E-state index < -0.39 is 5.60 Å². The molecule has 26 heavy (non-hydrogen) atoms. The minimum atomic E-state index is -1.21. The van der Waals surface area contributed by atoms with Crippen LogP contribution in [0.3, 0.4) is 0 Å². The molecule has 3 rings (SSSR count). The van der Waals surface area contributed by atoms with E-state index in [-0.39, 0.29) is 25.7 Å². The highest BCUT2D eigenvalue weighted by Crippen LogP contribution is 2.35. The molecule has 6 heteroatoms. The molecule has 2 N–H and O–H groups in total. The number of carbonyl (C=O) groups is 1. The van der Waals surface area contributed by atoms with Gasteiger partial charge in [0.1, 0.15) is 11.4 Å². The number of ether oxygens (including phenoxy) is 3. The third-order valence-electron chi connectivity index (χ3n) is 4.22. The Morgan fingerprint density at radius 1 is 1.19 bits per heavy atom. The van der Waals surface area contributed by atoms with Gasteiger partial charge in [-0.2, -0.15) is 0 Å². The molecule has 138 valence electrons. The van der Waals surface area contributed by atoms with Gasteiger partial charge >= 0.3 is 0 Å². The molecular weight excluding hydrogens is 334 g/mol. The average Bonchev–Trinajstić information content (AvgIpc) is 3.10. The molecule has 0 unspecified atom stereocenters.